The maximum Gasteiger partial charge on any atom is 0.239 e. The molecule has 1 unspecified atom stereocenters. The van der Waals surface area contributed by atoms with E-state index in [0.717, 1.165) is 5.56 Å². The van der Waals surface area contributed by atoms with Crippen LogP contribution in [0.15, 0.2) is 28.4 Å². The molecule has 1 aromatic rings. The molecule has 3 N–H and O–H groups in total. The second-order valence-electron chi connectivity index (χ2n) is 6.28. The van der Waals surface area contributed by atoms with Gasteiger partial charge in [-0.25, -0.2) is 0 Å². The number of benzene rings is 1. The number of aliphatic hydroxyl groups is 1. The number of phenolic OH excluding ortho intramolecular Hbond substituents is 1. The van der Waals surface area contributed by atoms with Gasteiger partial charge in [-0.15, -0.1) is 5.10 Å². The second-order valence-corrected chi connectivity index (χ2v) is 7.47. The highest BCUT2D eigenvalue weighted by Crippen LogP contribution is 2.27. The summed E-state index contributed by atoms with van der Waals surface area (Å²) < 4.78 is 0. The summed E-state index contributed by atoms with van der Waals surface area (Å²) in [6.07, 6.45) is 1.83. The van der Waals surface area contributed by atoms with Crippen molar-refractivity contribution in [3.63, 3.8) is 0 Å². The second kappa shape index (κ2) is 7.14. The molecule has 0 aromatic heterocycles. The van der Waals surface area contributed by atoms with Crippen molar-refractivity contribution in [2.45, 2.75) is 37.9 Å². The Bertz CT molecular complexity index is 650. The number of carbonyl (C=O) groups is 1. The van der Waals surface area contributed by atoms with Crippen LogP contribution in [-0.4, -0.2) is 39.4 Å². The van der Waals surface area contributed by atoms with E-state index >= 15 is 0 Å². The summed E-state index contributed by atoms with van der Waals surface area (Å²) in [5.41, 5.74) is 1.55. The van der Waals surface area contributed by atoms with Gasteiger partial charge in [0.2, 0.25) is 5.91 Å². The van der Waals surface area contributed by atoms with E-state index in [4.69, 9.17) is 5.11 Å². The third kappa shape index (κ3) is 4.56. The van der Waals surface area contributed by atoms with E-state index in [9.17, 15) is 9.90 Å². The van der Waals surface area contributed by atoms with Crippen LogP contribution in [0.3, 0.4) is 0 Å². The molecule has 1 amide bonds. The minimum absolute atomic E-state index is 0.0418. The predicted molar refractivity (Wildman–Crippen MR) is 93.1 cm³/mol. The Morgan fingerprint density at radius 3 is 2.74 bits per heavy atom. The number of thioether (sulfide) groups is 1. The van der Waals surface area contributed by atoms with Gasteiger partial charge in [0.1, 0.15) is 5.75 Å². The number of nitrogens with one attached hydrogen (secondary N) is 1. The summed E-state index contributed by atoms with van der Waals surface area (Å²) in [4.78, 5) is 11.6. The van der Waals surface area contributed by atoms with Gasteiger partial charge in [-0.2, -0.15) is 5.10 Å². The number of hydrogen-bond donors (Lipinski definition) is 3. The summed E-state index contributed by atoms with van der Waals surface area (Å²) >= 11 is 1.24. The maximum atomic E-state index is 11.6. The summed E-state index contributed by atoms with van der Waals surface area (Å²) in [5, 5.41) is 29.5. The Hall–Kier alpha value is -1.86. The van der Waals surface area contributed by atoms with Crippen molar-refractivity contribution in [3.05, 3.63) is 29.3 Å². The largest absolute Gasteiger partial charge is 0.507 e. The first-order valence-electron chi connectivity index (χ1n) is 7.34. The Morgan fingerprint density at radius 1 is 1.39 bits per heavy atom. The molecule has 2 rings (SSSR count). The lowest BCUT2D eigenvalue weighted by molar-refractivity contribution is -0.119. The summed E-state index contributed by atoms with van der Waals surface area (Å²) in [6, 6.07) is 5.45. The van der Waals surface area contributed by atoms with Crippen LogP contribution in [0.2, 0.25) is 0 Å². The smallest absolute Gasteiger partial charge is 0.239 e. The van der Waals surface area contributed by atoms with Gasteiger partial charge in [0.05, 0.1) is 11.5 Å². The fraction of sp³-hybridized carbons (Fsp3) is 0.438. The quantitative estimate of drug-likeness (QED) is 0.579. The molecule has 0 radical (unpaired) electrons. The van der Waals surface area contributed by atoms with Crippen LogP contribution < -0.4 is 5.32 Å². The number of nitrogens with zero attached hydrogens (tertiary/aromatic N) is 2. The zero-order valence-electron chi connectivity index (χ0n) is 13.4. The molecule has 1 aromatic carbocycles. The fourth-order valence-corrected chi connectivity index (χ4v) is 2.93. The van der Waals surface area contributed by atoms with Gasteiger partial charge in [0, 0.05) is 12.2 Å². The van der Waals surface area contributed by atoms with E-state index in [2.05, 4.69) is 36.3 Å². The molecule has 1 atom stereocenters. The molecule has 1 heterocycles. The first kappa shape index (κ1) is 17.5. The normalized spacial score (nSPS) is 20.4. The van der Waals surface area contributed by atoms with Crippen LogP contribution in [0.1, 0.15) is 38.3 Å². The average Bonchev–Trinajstić information content (AvgIpc) is 2.80. The van der Waals surface area contributed by atoms with Crippen molar-refractivity contribution in [1.82, 2.24) is 5.32 Å². The van der Waals surface area contributed by atoms with Crippen molar-refractivity contribution in [2.75, 3.05) is 6.61 Å². The van der Waals surface area contributed by atoms with E-state index in [1.807, 2.05) is 6.07 Å². The molecule has 0 spiro atoms. The lowest BCUT2D eigenvalue weighted by Crippen LogP contribution is -2.25. The summed E-state index contributed by atoms with van der Waals surface area (Å²) in [7, 11) is 0. The number of hydrogen-bond acceptors (Lipinski definition) is 6. The van der Waals surface area contributed by atoms with Gasteiger partial charge in [0.25, 0.3) is 0 Å². The Labute approximate surface area is 139 Å². The highest BCUT2D eigenvalue weighted by atomic mass is 32.2. The van der Waals surface area contributed by atoms with Crippen LogP contribution >= 0.6 is 11.8 Å². The standard InChI is InChI=1S/C16H21N3O3S/c1-16(2,3)11-5-4-10(12(21)8-11)9-17-19-15-18-14(22)13(23-15)6-7-20/h4-5,8-9,13,20-21H,6-7H2,1-3H3,(H,18,19,22)/b17-9+. The number of amides is 1. The monoisotopic (exact) mass is 335 g/mol. The molecular formula is C16H21N3O3S. The molecule has 6 nitrogen and oxygen atoms in total. The Balaban J connectivity index is 2.07. The van der Waals surface area contributed by atoms with Crippen LogP contribution in [0.4, 0.5) is 0 Å². The Kier molecular flexibility index (Phi) is 5.43. The highest BCUT2D eigenvalue weighted by molar-refractivity contribution is 8.15. The minimum atomic E-state index is -0.326. The highest BCUT2D eigenvalue weighted by Gasteiger charge is 2.29. The molecule has 23 heavy (non-hydrogen) atoms. The molecule has 1 saturated heterocycles. The van der Waals surface area contributed by atoms with Gasteiger partial charge < -0.3 is 15.5 Å². The number of rotatable bonds is 4. The average molecular weight is 335 g/mol. The number of aromatic hydroxyl groups is 1. The Morgan fingerprint density at radius 2 is 2.13 bits per heavy atom. The summed E-state index contributed by atoms with van der Waals surface area (Å²) in [6.45, 7) is 6.18. The van der Waals surface area contributed by atoms with E-state index in [1.54, 1.807) is 12.1 Å². The minimum Gasteiger partial charge on any atom is -0.507 e. The SMILES string of the molecule is CC(C)(C)c1ccc(/C=N/N=C2\NC(=O)C(CCO)S2)c(O)c1. The van der Waals surface area contributed by atoms with Gasteiger partial charge >= 0.3 is 0 Å². The van der Waals surface area contributed by atoms with E-state index < -0.39 is 0 Å². The fourth-order valence-electron chi connectivity index (χ4n) is 2.02. The first-order valence-corrected chi connectivity index (χ1v) is 8.22. The van der Waals surface area contributed by atoms with Gasteiger partial charge in [-0.05, 0) is 29.5 Å². The number of carbonyl (C=O) groups excluding carboxylic acids is 1. The molecule has 0 bridgehead atoms. The van der Waals surface area contributed by atoms with Crippen molar-refractivity contribution in [2.24, 2.45) is 10.2 Å². The van der Waals surface area contributed by atoms with E-state index in [1.165, 1.54) is 18.0 Å². The molecule has 0 aliphatic carbocycles. The molecule has 7 heteroatoms. The number of amidine groups is 1. The lowest BCUT2D eigenvalue weighted by atomic mass is 9.86. The van der Waals surface area contributed by atoms with Crippen LogP contribution in [-0.2, 0) is 10.2 Å². The molecule has 124 valence electrons. The maximum absolute atomic E-state index is 11.6. The molecule has 1 aliphatic heterocycles. The van der Waals surface area contributed by atoms with Crippen molar-refractivity contribution < 1.29 is 15.0 Å². The molecular weight excluding hydrogens is 314 g/mol. The van der Waals surface area contributed by atoms with E-state index in [-0.39, 0.29) is 28.9 Å². The number of phenols is 1. The molecule has 1 aliphatic rings. The third-order valence-electron chi connectivity index (χ3n) is 3.41. The number of aliphatic hydroxyl groups excluding tert-OH is 1. The molecule has 0 saturated carbocycles. The van der Waals surface area contributed by atoms with Crippen LogP contribution in [0, 0.1) is 0 Å². The van der Waals surface area contributed by atoms with Crippen molar-refractivity contribution in [3.8, 4) is 5.75 Å². The van der Waals surface area contributed by atoms with Gasteiger partial charge in [-0.3, -0.25) is 4.79 Å². The zero-order valence-corrected chi connectivity index (χ0v) is 14.2. The lowest BCUT2D eigenvalue weighted by Gasteiger charge is -2.19. The van der Waals surface area contributed by atoms with Crippen molar-refractivity contribution in [1.29, 1.82) is 0 Å². The first-order chi connectivity index (χ1) is 10.8. The predicted octanol–water partition coefficient (Wildman–Crippen LogP) is 1.99. The van der Waals surface area contributed by atoms with Crippen molar-refractivity contribution >= 4 is 29.1 Å². The summed E-state index contributed by atoms with van der Waals surface area (Å²) in [5.74, 6) is -0.0296. The molecule has 1 fully saturated rings. The van der Waals surface area contributed by atoms with E-state index in [0.29, 0.717) is 17.2 Å². The zero-order chi connectivity index (χ0) is 17.0. The topological polar surface area (TPSA) is 94.3 Å². The van der Waals surface area contributed by atoms with Gasteiger partial charge in [-0.1, -0.05) is 38.6 Å². The van der Waals surface area contributed by atoms with Crippen LogP contribution in [0.25, 0.3) is 0 Å². The van der Waals surface area contributed by atoms with Crippen LogP contribution in [0.5, 0.6) is 5.75 Å². The van der Waals surface area contributed by atoms with Gasteiger partial charge in [0.15, 0.2) is 5.17 Å². The third-order valence-corrected chi connectivity index (χ3v) is 4.55.